The number of hydrogen-bond acceptors (Lipinski definition) is 6. The predicted octanol–water partition coefficient (Wildman–Crippen LogP) is 3.67. The fraction of sp³-hybridized carbons (Fsp3) is 0.571. The molecule has 1 amide bonds. The molecule has 1 aliphatic heterocycles. The van der Waals surface area contributed by atoms with Crippen molar-refractivity contribution in [3.8, 4) is 0 Å². The highest BCUT2D eigenvalue weighted by Gasteiger charge is 2.55. The number of aliphatic hydroxyl groups is 1. The third kappa shape index (κ3) is 4.98. The number of alkyl halides is 3. The molecule has 5 aliphatic rings. The van der Waals surface area contributed by atoms with Crippen LogP contribution >= 0.6 is 0 Å². The van der Waals surface area contributed by atoms with Crippen LogP contribution in [0.1, 0.15) is 55.1 Å². The Morgan fingerprint density at radius 3 is 2.33 bits per heavy atom. The minimum absolute atomic E-state index is 0.0349. The van der Waals surface area contributed by atoms with Crippen LogP contribution in [0.4, 0.5) is 19.0 Å². The molecule has 1 aromatic carbocycles. The van der Waals surface area contributed by atoms with Gasteiger partial charge in [0.25, 0.3) is 5.91 Å². The van der Waals surface area contributed by atoms with Gasteiger partial charge < -0.3 is 15.3 Å². The average molecular weight is 579 g/mol. The number of rotatable bonds is 5. The Balaban J connectivity index is 1.12. The summed E-state index contributed by atoms with van der Waals surface area (Å²) in [7, 11) is -3.98. The van der Waals surface area contributed by atoms with Crippen molar-refractivity contribution in [1.82, 2.24) is 14.6 Å². The van der Waals surface area contributed by atoms with Crippen LogP contribution in [0.25, 0.3) is 0 Å². The predicted molar refractivity (Wildman–Crippen MR) is 141 cm³/mol. The molecule has 2 heterocycles. The van der Waals surface area contributed by atoms with Gasteiger partial charge in [-0.05, 0) is 93.2 Å². The van der Waals surface area contributed by atoms with E-state index in [1.165, 1.54) is 4.31 Å². The smallest absolute Gasteiger partial charge is 0.390 e. The number of pyridine rings is 1. The molecule has 12 heteroatoms. The minimum atomic E-state index is -4.54. The summed E-state index contributed by atoms with van der Waals surface area (Å²) in [4.78, 5) is 19.6. The number of benzene rings is 1. The molecule has 0 spiro atoms. The van der Waals surface area contributed by atoms with E-state index >= 15 is 0 Å². The lowest BCUT2D eigenvalue weighted by Crippen LogP contribution is -2.61. The van der Waals surface area contributed by atoms with Crippen LogP contribution in [-0.4, -0.2) is 66.0 Å². The van der Waals surface area contributed by atoms with Crippen molar-refractivity contribution in [2.45, 2.75) is 67.8 Å². The van der Waals surface area contributed by atoms with Gasteiger partial charge >= 0.3 is 6.18 Å². The molecule has 8 nitrogen and oxygen atoms in total. The van der Waals surface area contributed by atoms with E-state index in [0.29, 0.717) is 18.3 Å². The van der Waals surface area contributed by atoms with Crippen molar-refractivity contribution in [2.24, 2.45) is 17.8 Å². The number of piperazine rings is 1. The highest BCUT2D eigenvalue weighted by Crippen LogP contribution is 2.55. The van der Waals surface area contributed by atoms with Crippen molar-refractivity contribution in [2.75, 3.05) is 24.5 Å². The maximum atomic E-state index is 13.2. The summed E-state index contributed by atoms with van der Waals surface area (Å²) in [6, 6.07) is 8.49. The number of halogens is 3. The summed E-state index contributed by atoms with van der Waals surface area (Å²) >= 11 is 0. The number of nitrogens with zero attached hydrogens (tertiary/aromatic N) is 3. The van der Waals surface area contributed by atoms with E-state index in [1.807, 2.05) is 11.8 Å². The summed E-state index contributed by atoms with van der Waals surface area (Å²) in [6.07, 6.45) is -0.131. The molecular weight excluding hydrogens is 545 g/mol. The number of carbonyl (C=O) groups is 1. The van der Waals surface area contributed by atoms with Crippen molar-refractivity contribution in [1.29, 1.82) is 0 Å². The molecule has 4 saturated carbocycles. The first-order valence-corrected chi connectivity index (χ1v) is 15.2. The van der Waals surface area contributed by atoms with E-state index in [2.05, 4.69) is 10.3 Å². The molecule has 1 saturated heterocycles. The van der Waals surface area contributed by atoms with Gasteiger partial charge in [-0.2, -0.15) is 17.5 Å². The Morgan fingerprint density at radius 2 is 1.73 bits per heavy atom. The van der Waals surface area contributed by atoms with E-state index < -0.39 is 27.4 Å². The SMILES string of the molecule is CC1CN(S(=O)(=O)c2ccc(C(F)(F)F)cc2)CCN1c1cccc(C(=O)NC2C3CC4CC2CC(O)(C4)C3)n1. The van der Waals surface area contributed by atoms with Crippen LogP contribution in [0.3, 0.4) is 0 Å². The van der Waals surface area contributed by atoms with Crippen molar-refractivity contribution >= 4 is 21.7 Å². The minimum Gasteiger partial charge on any atom is -0.390 e. The molecule has 2 N–H and O–H groups in total. The molecule has 40 heavy (non-hydrogen) atoms. The molecule has 1 aromatic heterocycles. The average Bonchev–Trinajstić information content (AvgIpc) is 2.89. The van der Waals surface area contributed by atoms with Gasteiger partial charge in [0.1, 0.15) is 11.5 Å². The number of amides is 1. The second kappa shape index (κ2) is 9.70. The number of anilines is 1. The van der Waals surface area contributed by atoms with Crippen LogP contribution < -0.4 is 10.2 Å². The lowest BCUT2D eigenvalue weighted by Gasteiger charge is -2.58. The summed E-state index contributed by atoms with van der Waals surface area (Å²) in [5.41, 5.74) is -1.19. The molecule has 0 radical (unpaired) electrons. The normalized spacial score (nSPS) is 32.3. The van der Waals surface area contributed by atoms with Gasteiger partial charge in [0.05, 0.1) is 16.1 Å². The van der Waals surface area contributed by atoms with Gasteiger partial charge in [0.2, 0.25) is 10.0 Å². The zero-order chi connectivity index (χ0) is 28.4. The maximum Gasteiger partial charge on any atom is 0.416 e. The second-order valence-corrected chi connectivity index (χ2v) is 13.9. The molecule has 216 valence electrons. The molecule has 2 aromatic rings. The van der Waals surface area contributed by atoms with E-state index in [-0.39, 0.29) is 53.5 Å². The third-order valence-corrected chi connectivity index (χ3v) is 11.1. The Bertz CT molecular complexity index is 1390. The van der Waals surface area contributed by atoms with E-state index in [4.69, 9.17) is 0 Å². The standard InChI is InChI=1S/C28H33F3N4O4S/c1-17-16-34(40(38,39)22-7-5-21(6-8-22)28(29,30)31)9-10-35(17)24-4-2-3-23(32-24)26(36)33-25-19-11-18-12-20(25)15-27(37,13-18)14-19/h2-8,17-20,25,37H,9-16H2,1H3,(H,33,36). The van der Waals surface area contributed by atoms with Gasteiger partial charge in [-0.25, -0.2) is 13.4 Å². The van der Waals surface area contributed by atoms with E-state index in [9.17, 15) is 31.5 Å². The molecular formula is C28H33F3N4O4S. The molecule has 4 aliphatic carbocycles. The highest BCUT2D eigenvalue weighted by atomic mass is 32.2. The maximum absolute atomic E-state index is 13.2. The highest BCUT2D eigenvalue weighted by molar-refractivity contribution is 7.89. The van der Waals surface area contributed by atoms with Crippen molar-refractivity contribution in [3.63, 3.8) is 0 Å². The monoisotopic (exact) mass is 578 g/mol. The lowest BCUT2D eigenvalue weighted by atomic mass is 9.52. The fourth-order valence-corrected chi connectivity index (χ4v) is 9.11. The zero-order valence-corrected chi connectivity index (χ0v) is 23.0. The van der Waals surface area contributed by atoms with E-state index in [1.54, 1.807) is 18.2 Å². The first kappa shape index (κ1) is 27.5. The quantitative estimate of drug-likeness (QED) is 0.562. The molecule has 3 atom stereocenters. The van der Waals surface area contributed by atoms with Crippen LogP contribution in [0.2, 0.25) is 0 Å². The number of nitrogens with one attached hydrogen (secondary N) is 1. The Labute approximate surface area is 231 Å². The summed E-state index contributed by atoms with van der Waals surface area (Å²) in [5.74, 6) is 1.42. The summed E-state index contributed by atoms with van der Waals surface area (Å²) in [5, 5.41) is 14.0. The molecule has 5 fully saturated rings. The van der Waals surface area contributed by atoms with Gasteiger partial charge in [0.15, 0.2) is 0 Å². The number of sulfonamides is 1. The zero-order valence-electron chi connectivity index (χ0n) is 22.1. The van der Waals surface area contributed by atoms with Crippen LogP contribution in [-0.2, 0) is 16.2 Å². The van der Waals surface area contributed by atoms with Gasteiger partial charge in [-0.3, -0.25) is 4.79 Å². The molecule has 3 unspecified atom stereocenters. The summed E-state index contributed by atoms with van der Waals surface area (Å²) < 4.78 is 66.2. The molecule has 7 rings (SSSR count). The van der Waals surface area contributed by atoms with E-state index in [0.717, 1.165) is 56.4 Å². The van der Waals surface area contributed by atoms with Crippen LogP contribution in [0, 0.1) is 17.8 Å². The fourth-order valence-electron chi connectivity index (χ4n) is 7.60. The van der Waals surface area contributed by atoms with Crippen LogP contribution in [0.5, 0.6) is 0 Å². The van der Waals surface area contributed by atoms with Crippen molar-refractivity contribution < 1.29 is 31.5 Å². The Morgan fingerprint density at radius 1 is 1.05 bits per heavy atom. The van der Waals surface area contributed by atoms with Crippen LogP contribution in [0.15, 0.2) is 47.4 Å². The topological polar surface area (TPSA) is 103 Å². The number of hydrogen-bond donors (Lipinski definition) is 2. The van der Waals surface area contributed by atoms with Gasteiger partial charge in [-0.15, -0.1) is 0 Å². The lowest BCUT2D eigenvalue weighted by molar-refractivity contribution is -0.137. The number of carbonyl (C=O) groups excluding carboxylic acids is 1. The summed E-state index contributed by atoms with van der Waals surface area (Å²) in [6.45, 7) is 2.41. The Kier molecular flexibility index (Phi) is 6.66. The third-order valence-electron chi connectivity index (χ3n) is 9.21. The van der Waals surface area contributed by atoms with Gasteiger partial charge in [0, 0.05) is 31.7 Å². The largest absolute Gasteiger partial charge is 0.416 e. The first-order valence-electron chi connectivity index (χ1n) is 13.8. The van der Waals surface area contributed by atoms with Gasteiger partial charge in [-0.1, -0.05) is 6.07 Å². The first-order chi connectivity index (χ1) is 18.8. The molecule has 4 bridgehead atoms. The Hall–Kier alpha value is -2.70. The number of aromatic nitrogens is 1. The second-order valence-electron chi connectivity index (χ2n) is 12.0. The van der Waals surface area contributed by atoms with Crippen molar-refractivity contribution in [3.05, 3.63) is 53.7 Å².